The Kier molecular flexibility index (Phi) is 16.8. The quantitative estimate of drug-likeness (QED) is 0.158. The van der Waals surface area contributed by atoms with E-state index in [9.17, 15) is 24.9 Å². The number of alkyl halides is 1. The first kappa shape index (κ1) is 33.9. The third kappa shape index (κ3) is 10.4. The third-order valence-corrected chi connectivity index (χ3v) is 7.01. The monoisotopic (exact) mass is 538 g/mol. The van der Waals surface area contributed by atoms with E-state index in [-0.39, 0.29) is 17.9 Å². The second-order valence-electron chi connectivity index (χ2n) is 8.51. The average Bonchev–Trinajstić information content (AvgIpc) is 3.18. The van der Waals surface area contributed by atoms with E-state index in [1.807, 2.05) is 11.9 Å². The third-order valence-electron chi connectivity index (χ3n) is 5.88. The van der Waals surface area contributed by atoms with Crippen LogP contribution in [0.2, 0.25) is 0 Å². The van der Waals surface area contributed by atoms with E-state index >= 15 is 0 Å². The van der Waals surface area contributed by atoms with E-state index in [1.165, 1.54) is 18.7 Å². The molecular formula is C24H43ClN2O7S. The van der Waals surface area contributed by atoms with E-state index in [2.05, 4.69) is 36.7 Å². The van der Waals surface area contributed by atoms with E-state index in [0.29, 0.717) is 5.92 Å². The van der Waals surface area contributed by atoms with Gasteiger partial charge in [-0.1, -0.05) is 19.9 Å². The van der Waals surface area contributed by atoms with Gasteiger partial charge in [-0.3, -0.25) is 14.5 Å². The number of aliphatic hydroxyl groups is 3. The van der Waals surface area contributed by atoms with Gasteiger partial charge < -0.3 is 30.1 Å². The Balaban J connectivity index is 0.00000126. The van der Waals surface area contributed by atoms with Crippen LogP contribution in [-0.2, 0) is 19.1 Å². The Morgan fingerprint density at radius 1 is 1.29 bits per heavy atom. The smallest absolute Gasteiger partial charge is 0.307 e. The van der Waals surface area contributed by atoms with Crippen LogP contribution >= 0.6 is 23.4 Å². The zero-order valence-corrected chi connectivity index (χ0v) is 23.0. The summed E-state index contributed by atoms with van der Waals surface area (Å²) in [5, 5.41) is 33.0. The first-order valence-corrected chi connectivity index (χ1v) is 13.4. The molecule has 204 valence electrons. The highest BCUT2D eigenvalue weighted by Crippen LogP contribution is 2.31. The first-order chi connectivity index (χ1) is 16.5. The van der Waals surface area contributed by atoms with Crippen molar-refractivity contribution in [2.24, 2.45) is 5.92 Å². The van der Waals surface area contributed by atoms with Crippen LogP contribution < -0.4 is 5.32 Å². The topological polar surface area (TPSA) is 129 Å². The lowest BCUT2D eigenvalue weighted by Gasteiger charge is -2.44. The molecular weight excluding hydrogens is 496 g/mol. The van der Waals surface area contributed by atoms with Gasteiger partial charge in [-0.05, 0) is 39.0 Å². The summed E-state index contributed by atoms with van der Waals surface area (Å²) in [6.07, 6.45) is 1.00. The highest BCUT2D eigenvalue weighted by atomic mass is 35.5. The molecule has 2 aliphatic rings. The molecule has 4 N–H and O–H groups in total. The molecule has 0 bridgehead atoms. The number of aliphatic hydroxyl groups excluding tert-OH is 3. The maximum Gasteiger partial charge on any atom is 0.307 e. The fourth-order valence-electron chi connectivity index (χ4n) is 4.23. The molecule has 1 amide bonds. The Morgan fingerprint density at radius 2 is 1.89 bits per heavy atom. The SMILES string of the molecule is C=C.C=COC(C)=O.CCC[C@@H]1C[C@@H](C(=O)N[C@@H]([C@H]2O[C@H](SC)[C@H](O)[C@@H](O)[C@H]2O)[C@H](C)Cl)N(C)C1. The molecule has 2 saturated heterocycles. The van der Waals surface area contributed by atoms with Crippen LogP contribution in [0.25, 0.3) is 0 Å². The van der Waals surface area contributed by atoms with E-state index in [1.54, 1.807) is 13.2 Å². The number of thioether (sulfide) groups is 1. The van der Waals surface area contributed by atoms with Gasteiger partial charge in [0.25, 0.3) is 0 Å². The Bertz CT molecular complexity index is 655. The first-order valence-electron chi connectivity index (χ1n) is 11.6. The number of hydrogen-bond donors (Lipinski definition) is 4. The number of amides is 1. The van der Waals surface area contributed by atoms with Gasteiger partial charge in [0.1, 0.15) is 29.9 Å². The van der Waals surface area contributed by atoms with Crippen molar-refractivity contribution in [3.63, 3.8) is 0 Å². The van der Waals surface area contributed by atoms with Crippen molar-refractivity contribution in [1.29, 1.82) is 0 Å². The molecule has 2 rings (SSSR count). The molecule has 9 nitrogen and oxygen atoms in total. The van der Waals surface area contributed by atoms with Crippen LogP contribution in [0.4, 0.5) is 0 Å². The number of rotatable bonds is 8. The van der Waals surface area contributed by atoms with Crippen LogP contribution in [0.3, 0.4) is 0 Å². The van der Waals surface area contributed by atoms with Crippen LogP contribution in [0.5, 0.6) is 0 Å². The number of hydrogen-bond acceptors (Lipinski definition) is 9. The highest BCUT2D eigenvalue weighted by molar-refractivity contribution is 7.99. The van der Waals surface area contributed by atoms with Crippen LogP contribution in [0.1, 0.15) is 40.0 Å². The van der Waals surface area contributed by atoms with Crippen molar-refractivity contribution in [2.75, 3.05) is 19.8 Å². The van der Waals surface area contributed by atoms with Crippen molar-refractivity contribution in [2.45, 2.75) is 87.3 Å². The second-order valence-corrected chi connectivity index (χ2v) is 10.1. The number of nitrogens with zero attached hydrogens (tertiary/aromatic N) is 1. The van der Waals surface area contributed by atoms with Gasteiger partial charge in [-0.15, -0.1) is 36.5 Å². The fourth-order valence-corrected chi connectivity index (χ4v) is 5.12. The predicted molar refractivity (Wildman–Crippen MR) is 140 cm³/mol. The summed E-state index contributed by atoms with van der Waals surface area (Å²) in [5.74, 6) is 0.0210. The summed E-state index contributed by atoms with van der Waals surface area (Å²) in [6.45, 7) is 15.2. The van der Waals surface area contributed by atoms with Gasteiger partial charge in [-0.25, -0.2) is 0 Å². The predicted octanol–water partition coefficient (Wildman–Crippen LogP) is 1.88. The maximum atomic E-state index is 12.9. The number of carbonyl (C=O) groups excluding carboxylic acids is 2. The summed E-state index contributed by atoms with van der Waals surface area (Å²) in [7, 11) is 1.94. The molecule has 0 spiro atoms. The van der Waals surface area contributed by atoms with Gasteiger partial charge in [0, 0.05) is 13.5 Å². The molecule has 0 aliphatic carbocycles. The lowest BCUT2D eigenvalue weighted by Crippen LogP contribution is -2.65. The molecule has 0 radical (unpaired) electrons. The summed E-state index contributed by atoms with van der Waals surface area (Å²) in [4.78, 5) is 24.7. The zero-order chi connectivity index (χ0) is 27.3. The normalized spacial score (nSPS) is 32.1. The molecule has 2 fully saturated rings. The molecule has 2 aliphatic heterocycles. The van der Waals surface area contributed by atoms with Gasteiger partial charge in [0.2, 0.25) is 5.91 Å². The number of ether oxygens (including phenoxy) is 2. The van der Waals surface area contributed by atoms with Crippen LogP contribution in [0, 0.1) is 5.92 Å². The van der Waals surface area contributed by atoms with E-state index in [4.69, 9.17) is 16.3 Å². The largest absolute Gasteiger partial charge is 0.435 e. The van der Waals surface area contributed by atoms with E-state index in [0.717, 1.165) is 32.1 Å². The van der Waals surface area contributed by atoms with Crippen molar-refractivity contribution in [1.82, 2.24) is 10.2 Å². The summed E-state index contributed by atoms with van der Waals surface area (Å²) >= 11 is 7.55. The Hall–Kier alpha value is -1.14. The lowest BCUT2D eigenvalue weighted by molar-refractivity contribution is -0.205. The minimum atomic E-state index is -1.36. The van der Waals surface area contributed by atoms with Gasteiger partial charge in [0.05, 0.1) is 23.7 Å². The highest BCUT2D eigenvalue weighted by Gasteiger charge is 2.48. The Labute approximate surface area is 218 Å². The number of esters is 1. The molecule has 0 aromatic heterocycles. The summed E-state index contributed by atoms with van der Waals surface area (Å²) < 4.78 is 9.96. The van der Waals surface area contributed by atoms with Gasteiger partial charge >= 0.3 is 5.97 Å². The molecule has 11 heteroatoms. The minimum absolute atomic E-state index is 0.147. The molecule has 9 atom stereocenters. The van der Waals surface area contributed by atoms with Crippen molar-refractivity contribution < 1.29 is 34.4 Å². The maximum absolute atomic E-state index is 12.9. The molecule has 0 saturated carbocycles. The number of halogens is 1. The molecule has 2 heterocycles. The van der Waals surface area contributed by atoms with Crippen molar-refractivity contribution in [3.05, 3.63) is 26.0 Å². The van der Waals surface area contributed by atoms with Gasteiger partial charge in [0.15, 0.2) is 0 Å². The molecule has 0 unspecified atom stereocenters. The van der Waals surface area contributed by atoms with Crippen LogP contribution in [-0.4, -0.2) is 99.3 Å². The van der Waals surface area contributed by atoms with Gasteiger partial charge in [-0.2, -0.15) is 0 Å². The summed E-state index contributed by atoms with van der Waals surface area (Å²) in [5.41, 5.74) is -0.702. The number of likely N-dealkylation sites (tertiary alicyclic amines) is 1. The standard InChI is InChI=1S/C18H33ClN2O5S.C4H6O2.C2H4/c1-5-6-10-7-11(21(3)8-10)17(25)20-12(9(2)19)16-14(23)13(22)15(24)18(26-16)27-4;1-3-6-4(2)5;1-2/h9-16,18,22-24H,5-8H2,1-4H3,(H,20,25);3H,1H2,2H3;1-2H2/t9-,10+,11-,12+,13-,14+,15+,16+,18+;;/m0../s1. The van der Waals surface area contributed by atoms with E-state index < -0.39 is 41.3 Å². The second kappa shape index (κ2) is 17.3. The van der Waals surface area contributed by atoms with Crippen molar-refractivity contribution >= 4 is 35.2 Å². The lowest BCUT2D eigenvalue weighted by atomic mass is 9.92. The Morgan fingerprint density at radius 3 is 2.31 bits per heavy atom. The fraction of sp³-hybridized carbons (Fsp3) is 0.750. The van der Waals surface area contributed by atoms with Crippen LogP contribution in [0.15, 0.2) is 26.0 Å². The number of nitrogens with one attached hydrogen (secondary N) is 1. The minimum Gasteiger partial charge on any atom is -0.435 e. The average molecular weight is 539 g/mol. The molecule has 0 aromatic carbocycles. The summed E-state index contributed by atoms with van der Waals surface area (Å²) in [6, 6.07) is -0.934. The number of likely N-dealkylation sites (N-methyl/N-ethyl adjacent to an activating group) is 1. The molecule has 0 aromatic rings. The van der Waals surface area contributed by atoms with Crippen molar-refractivity contribution in [3.8, 4) is 0 Å². The zero-order valence-electron chi connectivity index (χ0n) is 21.4. The molecule has 35 heavy (non-hydrogen) atoms. The number of carbonyl (C=O) groups is 2.